The highest BCUT2D eigenvalue weighted by atomic mass is 16.5. The number of ether oxygens (including phenoxy) is 2. The van der Waals surface area contributed by atoms with Gasteiger partial charge in [0, 0.05) is 31.7 Å². The maximum Gasteiger partial charge on any atom is 0.0698 e. The summed E-state index contributed by atoms with van der Waals surface area (Å²) in [5, 5.41) is 12.1. The molecule has 0 saturated carbocycles. The second kappa shape index (κ2) is 8.82. The summed E-state index contributed by atoms with van der Waals surface area (Å²) in [6.07, 6.45) is 1.13. The van der Waals surface area contributed by atoms with Crippen molar-refractivity contribution in [3.05, 3.63) is 0 Å². The molecule has 1 unspecified atom stereocenters. The molecule has 0 bridgehead atoms. The SMILES string of the molecule is CCNCC1(CN(C)CCOCCO)CCOC1. The molecule has 0 aromatic rings. The molecule has 1 atom stereocenters. The molecule has 0 spiro atoms. The van der Waals surface area contributed by atoms with Crippen LogP contribution in [0.1, 0.15) is 13.3 Å². The van der Waals surface area contributed by atoms with Gasteiger partial charge in [-0.3, -0.25) is 0 Å². The van der Waals surface area contributed by atoms with Crippen LogP contribution >= 0.6 is 0 Å². The van der Waals surface area contributed by atoms with Gasteiger partial charge in [-0.05, 0) is 20.0 Å². The van der Waals surface area contributed by atoms with Crippen LogP contribution in [-0.4, -0.2) is 76.3 Å². The van der Waals surface area contributed by atoms with Crippen molar-refractivity contribution in [1.82, 2.24) is 10.2 Å². The zero-order valence-electron chi connectivity index (χ0n) is 11.8. The molecular weight excluding hydrogens is 232 g/mol. The minimum Gasteiger partial charge on any atom is -0.394 e. The zero-order chi connectivity index (χ0) is 13.3. The molecule has 0 amide bonds. The first-order chi connectivity index (χ1) is 8.72. The maximum absolute atomic E-state index is 8.64. The van der Waals surface area contributed by atoms with Crippen LogP contribution in [-0.2, 0) is 9.47 Å². The molecule has 0 radical (unpaired) electrons. The fourth-order valence-corrected chi connectivity index (χ4v) is 2.40. The summed E-state index contributed by atoms with van der Waals surface area (Å²) >= 11 is 0. The van der Waals surface area contributed by atoms with Crippen LogP contribution in [0.3, 0.4) is 0 Å². The van der Waals surface area contributed by atoms with Crippen LogP contribution in [0.5, 0.6) is 0 Å². The third-order valence-electron chi connectivity index (χ3n) is 3.39. The smallest absolute Gasteiger partial charge is 0.0698 e. The van der Waals surface area contributed by atoms with Gasteiger partial charge in [-0.15, -0.1) is 0 Å². The Morgan fingerprint density at radius 1 is 1.44 bits per heavy atom. The standard InChI is InChI=1S/C13H28N2O3/c1-3-14-10-13(4-7-18-12-13)11-15(2)5-8-17-9-6-16/h14,16H,3-12H2,1-2H3. The molecule has 18 heavy (non-hydrogen) atoms. The Morgan fingerprint density at radius 3 is 2.89 bits per heavy atom. The third kappa shape index (κ3) is 5.63. The highest BCUT2D eigenvalue weighted by Crippen LogP contribution is 2.28. The lowest BCUT2D eigenvalue weighted by atomic mass is 9.86. The minimum absolute atomic E-state index is 0.0991. The highest BCUT2D eigenvalue weighted by Gasteiger charge is 2.35. The molecule has 1 fully saturated rings. The molecule has 5 heteroatoms. The van der Waals surface area contributed by atoms with Crippen molar-refractivity contribution in [3.63, 3.8) is 0 Å². The van der Waals surface area contributed by atoms with E-state index < -0.39 is 0 Å². The topological polar surface area (TPSA) is 54.0 Å². The van der Waals surface area contributed by atoms with E-state index in [-0.39, 0.29) is 12.0 Å². The van der Waals surface area contributed by atoms with E-state index in [4.69, 9.17) is 14.6 Å². The first kappa shape index (κ1) is 15.9. The molecule has 0 aromatic heterocycles. The number of likely N-dealkylation sites (N-methyl/N-ethyl adjacent to an activating group) is 1. The molecule has 108 valence electrons. The zero-order valence-corrected chi connectivity index (χ0v) is 11.8. The largest absolute Gasteiger partial charge is 0.394 e. The molecular formula is C13H28N2O3. The second-order valence-corrected chi connectivity index (χ2v) is 5.16. The fourth-order valence-electron chi connectivity index (χ4n) is 2.40. The molecule has 1 aliphatic heterocycles. The summed E-state index contributed by atoms with van der Waals surface area (Å²) in [7, 11) is 2.12. The van der Waals surface area contributed by atoms with E-state index in [1.165, 1.54) is 0 Å². The Kier molecular flexibility index (Phi) is 7.77. The third-order valence-corrected chi connectivity index (χ3v) is 3.39. The van der Waals surface area contributed by atoms with Gasteiger partial charge >= 0.3 is 0 Å². The van der Waals surface area contributed by atoms with Crippen molar-refractivity contribution in [2.45, 2.75) is 13.3 Å². The van der Waals surface area contributed by atoms with E-state index in [1.54, 1.807) is 0 Å². The van der Waals surface area contributed by atoms with E-state index in [9.17, 15) is 0 Å². The summed E-state index contributed by atoms with van der Waals surface area (Å²) in [6.45, 7) is 9.02. The number of aliphatic hydroxyl groups is 1. The normalized spacial score (nSPS) is 24.0. The first-order valence-electron chi connectivity index (χ1n) is 6.88. The predicted molar refractivity (Wildman–Crippen MR) is 71.8 cm³/mol. The van der Waals surface area contributed by atoms with Crippen LogP contribution in [0, 0.1) is 5.41 Å². The lowest BCUT2D eigenvalue weighted by Crippen LogP contribution is -2.44. The summed E-state index contributed by atoms with van der Waals surface area (Å²) in [5.74, 6) is 0. The highest BCUT2D eigenvalue weighted by molar-refractivity contribution is 4.87. The lowest BCUT2D eigenvalue weighted by molar-refractivity contribution is 0.0640. The first-order valence-corrected chi connectivity index (χ1v) is 6.88. The van der Waals surface area contributed by atoms with E-state index in [1.807, 2.05) is 0 Å². The van der Waals surface area contributed by atoms with E-state index >= 15 is 0 Å². The quantitative estimate of drug-likeness (QED) is 0.539. The molecule has 0 aromatic carbocycles. The Labute approximate surface area is 110 Å². The number of hydrogen-bond acceptors (Lipinski definition) is 5. The molecule has 5 nitrogen and oxygen atoms in total. The van der Waals surface area contributed by atoms with Gasteiger partial charge in [0.2, 0.25) is 0 Å². The van der Waals surface area contributed by atoms with Gasteiger partial charge < -0.3 is 24.8 Å². The lowest BCUT2D eigenvalue weighted by Gasteiger charge is -2.32. The molecule has 2 N–H and O–H groups in total. The second-order valence-electron chi connectivity index (χ2n) is 5.16. The fraction of sp³-hybridized carbons (Fsp3) is 1.00. The summed E-state index contributed by atoms with van der Waals surface area (Å²) in [6, 6.07) is 0. The van der Waals surface area contributed by atoms with Gasteiger partial charge in [0.15, 0.2) is 0 Å². The van der Waals surface area contributed by atoms with E-state index in [0.29, 0.717) is 13.2 Å². The van der Waals surface area contributed by atoms with Gasteiger partial charge in [-0.25, -0.2) is 0 Å². The van der Waals surface area contributed by atoms with Crippen LogP contribution in [0.2, 0.25) is 0 Å². The monoisotopic (exact) mass is 260 g/mol. The Morgan fingerprint density at radius 2 is 2.28 bits per heavy atom. The number of nitrogens with one attached hydrogen (secondary N) is 1. The number of aliphatic hydroxyl groups excluding tert-OH is 1. The number of rotatable bonds is 10. The summed E-state index contributed by atoms with van der Waals surface area (Å²) in [5.41, 5.74) is 0.252. The van der Waals surface area contributed by atoms with Crippen LogP contribution in [0.4, 0.5) is 0 Å². The van der Waals surface area contributed by atoms with Crippen molar-refractivity contribution < 1.29 is 14.6 Å². The van der Waals surface area contributed by atoms with Crippen molar-refractivity contribution in [2.24, 2.45) is 5.41 Å². The number of nitrogens with zero attached hydrogens (tertiary/aromatic N) is 1. The summed E-state index contributed by atoms with van der Waals surface area (Å²) in [4.78, 5) is 2.30. The van der Waals surface area contributed by atoms with Gasteiger partial charge in [-0.2, -0.15) is 0 Å². The van der Waals surface area contributed by atoms with Crippen molar-refractivity contribution in [1.29, 1.82) is 0 Å². The van der Waals surface area contributed by atoms with Crippen LogP contribution < -0.4 is 5.32 Å². The van der Waals surface area contributed by atoms with Crippen LogP contribution in [0.25, 0.3) is 0 Å². The van der Waals surface area contributed by atoms with E-state index in [0.717, 1.165) is 45.8 Å². The average Bonchev–Trinajstić information content (AvgIpc) is 2.81. The maximum atomic E-state index is 8.64. The molecule has 1 aliphatic rings. The summed E-state index contributed by atoms with van der Waals surface area (Å²) < 4.78 is 10.9. The van der Waals surface area contributed by atoms with Gasteiger partial charge in [-0.1, -0.05) is 6.92 Å². The Hall–Kier alpha value is -0.200. The van der Waals surface area contributed by atoms with Gasteiger partial charge in [0.25, 0.3) is 0 Å². The minimum atomic E-state index is 0.0991. The molecule has 1 rings (SSSR count). The number of hydrogen-bond donors (Lipinski definition) is 2. The molecule has 0 aliphatic carbocycles. The predicted octanol–water partition coefficient (Wildman–Crippen LogP) is -0.0567. The Bertz CT molecular complexity index is 208. The Balaban J connectivity index is 2.26. The van der Waals surface area contributed by atoms with E-state index in [2.05, 4.69) is 24.2 Å². The van der Waals surface area contributed by atoms with Crippen molar-refractivity contribution in [2.75, 3.05) is 66.3 Å². The van der Waals surface area contributed by atoms with Gasteiger partial charge in [0.1, 0.15) is 0 Å². The van der Waals surface area contributed by atoms with Crippen LogP contribution in [0.15, 0.2) is 0 Å². The average molecular weight is 260 g/mol. The van der Waals surface area contributed by atoms with Crippen molar-refractivity contribution in [3.8, 4) is 0 Å². The molecule has 1 saturated heterocycles. The van der Waals surface area contributed by atoms with Crippen molar-refractivity contribution >= 4 is 0 Å². The molecule has 1 heterocycles. The van der Waals surface area contributed by atoms with Gasteiger partial charge in [0.05, 0.1) is 26.4 Å².